The SMILES string of the molecule is CN(C)C(=O)CCN(C)C(=O)c1nc2c(Nc3ccc4c(c3)SC(=O)C4)ncnc2s1.CN(C)C(=O)CCN(C)C(=O)c1nc2c(S(C)(=O)=O)ncnc2s1. The Bertz CT molecular complexity index is 2410. The molecule has 1 N–H and O–H groups in total. The maximum atomic E-state index is 12.8. The Balaban J connectivity index is 0.000000219. The van der Waals surface area contributed by atoms with Gasteiger partial charge in [-0.05, 0) is 17.7 Å². The van der Waals surface area contributed by atoms with E-state index in [2.05, 4.69) is 35.2 Å². The highest BCUT2D eigenvalue weighted by Gasteiger charge is 2.24. The fourth-order valence-corrected chi connectivity index (χ4v) is 8.39. The average molecular weight is 828 g/mol. The molecule has 18 nitrogen and oxygen atoms in total. The van der Waals surface area contributed by atoms with Crippen LogP contribution in [0.4, 0.5) is 11.5 Å². The second-order valence-electron chi connectivity index (χ2n) is 12.6. The number of sulfone groups is 1. The minimum absolute atomic E-state index is 0.0458. The minimum atomic E-state index is -3.58. The van der Waals surface area contributed by atoms with Gasteiger partial charge in [0.15, 0.2) is 35.8 Å². The van der Waals surface area contributed by atoms with E-state index in [0.29, 0.717) is 34.0 Å². The van der Waals surface area contributed by atoms with Gasteiger partial charge in [-0.3, -0.25) is 24.0 Å². The van der Waals surface area contributed by atoms with Crippen LogP contribution in [-0.4, -0.2) is 148 Å². The van der Waals surface area contributed by atoms with Crippen LogP contribution in [0, 0.1) is 0 Å². The zero-order valence-electron chi connectivity index (χ0n) is 30.9. The van der Waals surface area contributed by atoms with Crippen molar-refractivity contribution >= 4 is 105 Å². The van der Waals surface area contributed by atoms with Gasteiger partial charge in [0.2, 0.25) is 11.8 Å². The zero-order chi connectivity index (χ0) is 40.2. The first-order chi connectivity index (χ1) is 25.9. The molecule has 0 spiro atoms. The maximum absolute atomic E-state index is 12.8. The van der Waals surface area contributed by atoms with Crippen molar-refractivity contribution in [3.05, 3.63) is 46.4 Å². The van der Waals surface area contributed by atoms with Gasteiger partial charge in [0.25, 0.3) is 11.8 Å². The van der Waals surface area contributed by atoms with Crippen molar-refractivity contribution < 1.29 is 32.4 Å². The summed E-state index contributed by atoms with van der Waals surface area (Å²) in [6.45, 7) is 0.532. The second kappa shape index (κ2) is 17.1. The lowest BCUT2D eigenvalue weighted by molar-refractivity contribution is -0.129. The second-order valence-corrected chi connectivity index (χ2v) is 17.6. The van der Waals surface area contributed by atoms with Crippen LogP contribution in [0.2, 0.25) is 0 Å². The Hall–Kier alpha value is -5.19. The number of benzene rings is 1. The number of hydrogen-bond acceptors (Lipinski definition) is 17. The molecule has 0 bridgehead atoms. The van der Waals surface area contributed by atoms with Crippen molar-refractivity contribution in [1.29, 1.82) is 0 Å². The number of nitrogens with zero attached hydrogens (tertiary/aromatic N) is 10. The Morgan fingerprint density at radius 3 is 1.84 bits per heavy atom. The van der Waals surface area contributed by atoms with Crippen molar-refractivity contribution in [1.82, 2.24) is 49.5 Å². The summed E-state index contributed by atoms with van der Waals surface area (Å²) < 4.78 is 23.5. The highest BCUT2D eigenvalue weighted by atomic mass is 32.2. The van der Waals surface area contributed by atoms with Crippen LogP contribution in [0.5, 0.6) is 0 Å². The molecule has 1 aliphatic heterocycles. The summed E-state index contributed by atoms with van der Waals surface area (Å²) in [7, 11) is 6.28. The minimum Gasteiger partial charge on any atom is -0.349 e. The standard InChI is InChI=1S/C20H20N6O3S2.C13H17N5O4S2/c1-25(2)14(27)6-7-26(3)20(29)19-24-16-17(21-10-22-18(16)31-19)23-12-5-4-11-8-15(28)30-13(11)9-12;1-17(2)8(19)5-6-18(3)13(20)11-16-9-10(23-11)14-7-15-12(9)24(4,21)22/h4-5,9-10H,6-8H2,1-3H3,(H,21,22,23);7H,5-6H2,1-4H3. The number of nitrogens with one attached hydrogen (secondary N) is 1. The lowest BCUT2D eigenvalue weighted by atomic mass is 10.1. The molecule has 22 heteroatoms. The highest BCUT2D eigenvalue weighted by molar-refractivity contribution is 8.14. The lowest BCUT2D eigenvalue weighted by Crippen LogP contribution is -2.32. The molecule has 5 aromatic rings. The van der Waals surface area contributed by atoms with E-state index in [9.17, 15) is 32.4 Å². The molecule has 290 valence electrons. The number of thioether (sulfide) groups is 1. The number of amides is 4. The Morgan fingerprint density at radius 1 is 0.764 bits per heavy atom. The van der Waals surface area contributed by atoms with Gasteiger partial charge in [-0.25, -0.2) is 38.3 Å². The molecule has 55 heavy (non-hydrogen) atoms. The fraction of sp³-hybridized carbons (Fsp3) is 0.364. The van der Waals surface area contributed by atoms with E-state index in [4.69, 9.17) is 0 Å². The van der Waals surface area contributed by atoms with E-state index in [-0.39, 0.29) is 62.8 Å². The van der Waals surface area contributed by atoms with E-state index in [0.717, 1.165) is 40.1 Å². The predicted octanol–water partition coefficient (Wildman–Crippen LogP) is 2.60. The molecule has 0 aliphatic carbocycles. The first-order valence-electron chi connectivity index (χ1n) is 16.4. The molecule has 5 heterocycles. The smallest absolute Gasteiger partial charge is 0.282 e. The van der Waals surface area contributed by atoms with E-state index >= 15 is 0 Å². The number of fused-ring (bicyclic) bond motifs is 3. The summed E-state index contributed by atoms with van der Waals surface area (Å²) in [6.07, 6.45) is 4.45. The van der Waals surface area contributed by atoms with Crippen LogP contribution in [0.25, 0.3) is 20.7 Å². The lowest BCUT2D eigenvalue weighted by Gasteiger charge is -2.17. The predicted molar refractivity (Wildman–Crippen MR) is 208 cm³/mol. The summed E-state index contributed by atoms with van der Waals surface area (Å²) in [6, 6.07) is 5.72. The quantitative estimate of drug-likeness (QED) is 0.189. The van der Waals surface area contributed by atoms with Crippen LogP contribution in [0.1, 0.15) is 38.0 Å². The average Bonchev–Trinajstić information content (AvgIpc) is 3.87. The zero-order valence-corrected chi connectivity index (χ0v) is 34.2. The molecular weight excluding hydrogens is 791 g/mol. The molecule has 0 radical (unpaired) electrons. The number of aromatic nitrogens is 6. The fourth-order valence-electron chi connectivity index (χ4n) is 4.86. The van der Waals surface area contributed by atoms with Crippen molar-refractivity contribution in [2.24, 2.45) is 0 Å². The van der Waals surface area contributed by atoms with Gasteiger partial charge in [-0.1, -0.05) is 40.5 Å². The highest BCUT2D eigenvalue weighted by Crippen LogP contribution is 2.36. The first-order valence-corrected chi connectivity index (χ1v) is 20.7. The van der Waals surface area contributed by atoms with Gasteiger partial charge in [0, 0.05) is 91.5 Å². The summed E-state index contributed by atoms with van der Waals surface area (Å²) in [5.41, 5.74) is 2.39. The van der Waals surface area contributed by atoms with E-state index in [1.807, 2.05) is 18.2 Å². The van der Waals surface area contributed by atoms with Crippen molar-refractivity contribution in [3.63, 3.8) is 0 Å². The topological polar surface area (TPSA) is 222 Å². The van der Waals surface area contributed by atoms with Crippen LogP contribution >= 0.6 is 34.4 Å². The van der Waals surface area contributed by atoms with Crippen LogP contribution in [-0.2, 0) is 30.6 Å². The Morgan fingerprint density at radius 2 is 1.29 bits per heavy atom. The third-order valence-corrected chi connectivity index (χ3v) is 11.9. The van der Waals surface area contributed by atoms with Gasteiger partial charge in [0.1, 0.15) is 33.3 Å². The molecule has 4 amide bonds. The van der Waals surface area contributed by atoms with Crippen molar-refractivity contribution in [2.45, 2.75) is 29.2 Å². The summed E-state index contributed by atoms with van der Waals surface area (Å²) in [5.74, 6) is -0.323. The number of rotatable bonds is 11. The third kappa shape index (κ3) is 9.92. The van der Waals surface area contributed by atoms with Crippen LogP contribution < -0.4 is 5.32 Å². The summed E-state index contributed by atoms with van der Waals surface area (Å²) in [5, 5.41) is 3.55. The van der Waals surface area contributed by atoms with Gasteiger partial charge in [-0.2, -0.15) is 0 Å². The number of thiazole rings is 2. The monoisotopic (exact) mass is 827 g/mol. The third-order valence-electron chi connectivity index (χ3n) is 7.98. The number of hydrogen-bond donors (Lipinski definition) is 1. The molecule has 1 aliphatic rings. The van der Waals surface area contributed by atoms with Gasteiger partial charge >= 0.3 is 0 Å². The molecule has 0 fully saturated rings. The normalized spacial score (nSPS) is 12.2. The molecular formula is C33H37N11O7S4. The Kier molecular flexibility index (Phi) is 12.7. The number of carbonyl (C=O) groups is 5. The first kappa shape index (κ1) is 41.0. The molecule has 1 aromatic carbocycles. The molecule has 0 unspecified atom stereocenters. The van der Waals surface area contributed by atoms with E-state index in [1.54, 1.807) is 42.3 Å². The van der Waals surface area contributed by atoms with E-state index < -0.39 is 15.7 Å². The number of anilines is 2. The molecule has 0 saturated carbocycles. The molecule has 0 atom stereocenters. The van der Waals surface area contributed by atoms with Gasteiger partial charge in [-0.15, -0.1) is 0 Å². The Labute approximate surface area is 328 Å². The van der Waals surface area contributed by atoms with Crippen LogP contribution in [0.15, 0.2) is 40.8 Å². The summed E-state index contributed by atoms with van der Waals surface area (Å²) in [4.78, 5) is 92.6. The van der Waals surface area contributed by atoms with E-state index in [1.165, 1.54) is 49.0 Å². The largest absolute Gasteiger partial charge is 0.349 e. The van der Waals surface area contributed by atoms with Crippen LogP contribution in [0.3, 0.4) is 0 Å². The van der Waals surface area contributed by atoms with Crippen molar-refractivity contribution in [3.8, 4) is 0 Å². The molecule has 4 aromatic heterocycles. The molecule has 6 rings (SSSR count). The van der Waals surface area contributed by atoms with Crippen molar-refractivity contribution in [2.75, 3.05) is 66.9 Å². The number of carbonyl (C=O) groups excluding carboxylic acids is 5. The van der Waals surface area contributed by atoms with Gasteiger partial charge in [0.05, 0.1) is 0 Å². The maximum Gasteiger partial charge on any atom is 0.282 e. The summed E-state index contributed by atoms with van der Waals surface area (Å²) >= 11 is 3.41. The molecule has 0 saturated heterocycles. The van der Waals surface area contributed by atoms with Gasteiger partial charge < -0.3 is 24.9 Å².